The molecule has 19 heavy (non-hydrogen) atoms. The largest absolute Gasteiger partial charge is 0.493 e. The lowest BCUT2D eigenvalue weighted by Gasteiger charge is -2.25. The number of ketones is 1. The van der Waals surface area contributed by atoms with Crippen LogP contribution in [0.4, 0.5) is 0 Å². The molecule has 1 heterocycles. The van der Waals surface area contributed by atoms with Crippen LogP contribution >= 0.6 is 0 Å². The van der Waals surface area contributed by atoms with Crippen molar-refractivity contribution in [1.29, 1.82) is 0 Å². The number of nitrogens with zero attached hydrogens (tertiary/aromatic N) is 2. The van der Waals surface area contributed by atoms with Crippen LogP contribution in [-0.2, 0) is 6.54 Å². The average Bonchev–Trinajstić information content (AvgIpc) is 2.81. The lowest BCUT2D eigenvalue weighted by atomic mass is 9.82. The number of Topliss-reactive ketones (excluding diaryl/α,β-unsaturated/α-hetero) is 1. The molecule has 1 aliphatic rings. The summed E-state index contributed by atoms with van der Waals surface area (Å²) in [5.74, 6) is 0.737. The van der Waals surface area contributed by atoms with Crippen LogP contribution in [0.15, 0.2) is 6.20 Å². The van der Waals surface area contributed by atoms with Crippen molar-refractivity contribution in [3.63, 3.8) is 0 Å². The number of hydrogen-bond donors (Lipinski definition) is 1. The summed E-state index contributed by atoms with van der Waals surface area (Å²) in [5, 5.41) is 4.25. The van der Waals surface area contributed by atoms with Gasteiger partial charge in [-0.05, 0) is 25.7 Å². The number of carbonyl (C=O) groups is 1. The Hall–Kier alpha value is -1.36. The van der Waals surface area contributed by atoms with Crippen LogP contribution in [0.5, 0.6) is 5.75 Å². The molecule has 5 nitrogen and oxygen atoms in total. The molecule has 0 bridgehead atoms. The van der Waals surface area contributed by atoms with Crippen LogP contribution in [-0.4, -0.2) is 28.7 Å². The molecule has 1 aromatic rings. The molecule has 2 N–H and O–H groups in total. The maximum Gasteiger partial charge on any atom is 0.187 e. The van der Waals surface area contributed by atoms with Crippen molar-refractivity contribution in [3.8, 4) is 5.75 Å². The summed E-state index contributed by atoms with van der Waals surface area (Å²) in [6, 6.07) is 0.149. The van der Waals surface area contributed by atoms with E-state index in [1.807, 2.05) is 0 Å². The highest BCUT2D eigenvalue weighted by Gasteiger charge is 2.30. The SMILES string of the molecule is CCCn1ncc(OC)c1C(=O)C1CCCC(N)C1. The zero-order chi connectivity index (χ0) is 13.8. The first kappa shape index (κ1) is 14.1. The number of hydrogen-bond acceptors (Lipinski definition) is 4. The zero-order valence-corrected chi connectivity index (χ0v) is 11.8. The first-order valence-electron chi connectivity index (χ1n) is 7.07. The quantitative estimate of drug-likeness (QED) is 0.827. The van der Waals surface area contributed by atoms with Crippen molar-refractivity contribution in [3.05, 3.63) is 11.9 Å². The van der Waals surface area contributed by atoms with E-state index in [-0.39, 0.29) is 17.7 Å². The van der Waals surface area contributed by atoms with Crippen LogP contribution in [0.3, 0.4) is 0 Å². The Bertz CT molecular complexity index is 442. The van der Waals surface area contributed by atoms with Crippen molar-refractivity contribution in [2.24, 2.45) is 11.7 Å². The summed E-state index contributed by atoms with van der Waals surface area (Å²) in [6.07, 6.45) is 6.32. The number of methoxy groups -OCH3 is 1. The molecule has 0 spiro atoms. The number of nitrogens with two attached hydrogens (primary N) is 1. The molecular weight excluding hydrogens is 242 g/mol. The predicted molar refractivity (Wildman–Crippen MR) is 73.3 cm³/mol. The zero-order valence-electron chi connectivity index (χ0n) is 11.8. The molecule has 5 heteroatoms. The molecule has 0 saturated heterocycles. The number of carbonyl (C=O) groups excluding carboxylic acids is 1. The molecule has 2 atom stereocenters. The Morgan fingerprint density at radius 3 is 3.00 bits per heavy atom. The second kappa shape index (κ2) is 6.19. The minimum atomic E-state index is 0.0185. The minimum Gasteiger partial charge on any atom is -0.493 e. The fourth-order valence-corrected chi connectivity index (χ4v) is 2.81. The Morgan fingerprint density at radius 2 is 2.37 bits per heavy atom. The van der Waals surface area contributed by atoms with Crippen LogP contribution in [0.1, 0.15) is 49.5 Å². The highest BCUT2D eigenvalue weighted by atomic mass is 16.5. The standard InChI is InChI=1S/C14H23N3O2/c1-3-7-17-13(12(19-2)9-16-17)14(18)10-5-4-6-11(15)8-10/h9-11H,3-8,15H2,1-2H3. The third-order valence-corrected chi connectivity index (χ3v) is 3.78. The molecule has 2 rings (SSSR count). The van der Waals surface area contributed by atoms with Gasteiger partial charge in [-0.3, -0.25) is 9.48 Å². The minimum absolute atomic E-state index is 0.0185. The number of rotatable bonds is 5. The van der Waals surface area contributed by atoms with E-state index >= 15 is 0 Å². The lowest BCUT2D eigenvalue weighted by molar-refractivity contribution is 0.0866. The second-order valence-corrected chi connectivity index (χ2v) is 5.27. The molecule has 0 amide bonds. The highest BCUT2D eigenvalue weighted by Crippen LogP contribution is 2.29. The van der Waals surface area contributed by atoms with E-state index in [4.69, 9.17) is 10.5 Å². The molecule has 1 fully saturated rings. The summed E-state index contributed by atoms with van der Waals surface area (Å²) in [4.78, 5) is 12.7. The van der Waals surface area contributed by atoms with Crippen molar-refractivity contribution < 1.29 is 9.53 Å². The van der Waals surface area contributed by atoms with Crippen molar-refractivity contribution in [2.45, 2.75) is 51.6 Å². The lowest BCUT2D eigenvalue weighted by Crippen LogP contribution is -2.32. The van der Waals surface area contributed by atoms with E-state index in [2.05, 4.69) is 12.0 Å². The third kappa shape index (κ3) is 2.97. The molecule has 1 saturated carbocycles. The smallest absolute Gasteiger partial charge is 0.187 e. The summed E-state index contributed by atoms with van der Waals surface area (Å²) in [7, 11) is 1.58. The Kier molecular flexibility index (Phi) is 4.58. The van der Waals surface area contributed by atoms with E-state index in [1.165, 1.54) is 0 Å². The van der Waals surface area contributed by atoms with Crippen LogP contribution < -0.4 is 10.5 Å². The Labute approximate surface area is 114 Å². The van der Waals surface area contributed by atoms with Gasteiger partial charge in [0.2, 0.25) is 0 Å². The van der Waals surface area contributed by atoms with E-state index < -0.39 is 0 Å². The molecular formula is C14H23N3O2. The van der Waals surface area contributed by atoms with Gasteiger partial charge in [0.05, 0.1) is 13.3 Å². The molecule has 2 unspecified atom stereocenters. The Balaban J connectivity index is 2.23. The van der Waals surface area contributed by atoms with Gasteiger partial charge in [-0.1, -0.05) is 13.3 Å². The molecule has 1 aromatic heterocycles. The van der Waals surface area contributed by atoms with E-state index in [9.17, 15) is 4.79 Å². The van der Waals surface area contributed by atoms with Crippen molar-refractivity contribution in [1.82, 2.24) is 9.78 Å². The monoisotopic (exact) mass is 265 g/mol. The fraction of sp³-hybridized carbons (Fsp3) is 0.714. The molecule has 106 valence electrons. The van der Waals surface area contributed by atoms with Gasteiger partial charge in [-0.2, -0.15) is 5.10 Å². The van der Waals surface area contributed by atoms with Gasteiger partial charge in [-0.25, -0.2) is 0 Å². The first-order chi connectivity index (χ1) is 9.17. The third-order valence-electron chi connectivity index (χ3n) is 3.78. The molecule has 1 aliphatic carbocycles. The Morgan fingerprint density at radius 1 is 1.58 bits per heavy atom. The van der Waals surface area contributed by atoms with E-state index in [0.29, 0.717) is 11.4 Å². The molecule has 0 aliphatic heterocycles. The predicted octanol–water partition coefficient (Wildman–Crippen LogP) is 2.00. The summed E-state index contributed by atoms with van der Waals surface area (Å²) in [6.45, 7) is 2.81. The van der Waals surface area contributed by atoms with Gasteiger partial charge in [0.25, 0.3) is 0 Å². The van der Waals surface area contributed by atoms with Gasteiger partial charge in [0.15, 0.2) is 11.5 Å². The topological polar surface area (TPSA) is 70.1 Å². The summed E-state index contributed by atoms with van der Waals surface area (Å²) >= 11 is 0. The number of ether oxygens (including phenoxy) is 1. The number of aryl methyl sites for hydroxylation is 1. The van der Waals surface area contributed by atoms with Gasteiger partial charge in [0.1, 0.15) is 5.69 Å². The van der Waals surface area contributed by atoms with Gasteiger partial charge < -0.3 is 10.5 Å². The normalized spacial score (nSPS) is 23.3. The van der Waals surface area contributed by atoms with Crippen molar-refractivity contribution in [2.75, 3.05) is 7.11 Å². The molecule has 0 radical (unpaired) electrons. The van der Waals surface area contributed by atoms with Crippen LogP contribution in [0.2, 0.25) is 0 Å². The fourth-order valence-electron chi connectivity index (χ4n) is 2.81. The van der Waals surface area contributed by atoms with Crippen molar-refractivity contribution >= 4 is 5.78 Å². The summed E-state index contributed by atoms with van der Waals surface area (Å²) < 4.78 is 7.04. The molecule has 0 aromatic carbocycles. The maximum absolute atomic E-state index is 12.7. The second-order valence-electron chi connectivity index (χ2n) is 5.27. The maximum atomic E-state index is 12.7. The van der Waals surface area contributed by atoms with Gasteiger partial charge in [0, 0.05) is 18.5 Å². The number of aromatic nitrogens is 2. The van der Waals surface area contributed by atoms with Crippen LogP contribution in [0, 0.1) is 5.92 Å². The summed E-state index contributed by atoms with van der Waals surface area (Å²) in [5.41, 5.74) is 6.59. The highest BCUT2D eigenvalue weighted by molar-refractivity contribution is 5.98. The van der Waals surface area contributed by atoms with Gasteiger partial charge >= 0.3 is 0 Å². The van der Waals surface area contributed by atoms with E-state index in [0.717, 1.165) is 38.6 Å². The van der Waals surface area contributed by atoms with E-state index in [1.54, 1.807) is 18.0 Å². The van der Waals surface area contributed by atoms with Crippen LogP contribution in [0.25, 0.3) is 0 Å². The van der Waals surface area contributed by atoms with Gasteiger partial charge in [-0.15, -0.1) is 0 Å². The average molecular weight is 265 g/mol. The first-order valence-corrected chi connectivity index (χ1v) is 7.07.